The van der Waals surface area contributed by atoms with Crippen molar-refractivity contribution >= 4 is 12.0 Å². The first kappa shape index (κ1) is 17.9. The Morgan fingerprint density at radius 2 is 1.76 bits per heavy atom. The van der Waals surface area contributed by atoms with Gasteiger partial charge >= 0.3 is 0 Å². The predicted octanol–water partition coefficient (Wildman–Crippen LogP) is 4.06. The smallest absolute Gasteiger partial charge is 0.228 e. The Hall–Kier alpha value is -3.14. The van der Waals surface area contributed by atoms with Crippen molar-refractivity contribution in [3.63, 3.8) is 0 Å². The third-order valence-corrected chi connectivity index (χ3v) is 6.41. The summed E-state index contributed by atoms with van der Waals surface area (Å²) in [7, 11) is 0. The van der Waals surface area contributed by atoms with E-state index in [2.05, 4.69) is 58.1 Å². The van der Waals surface area contributed by atoms with E-state index in [0.717, 1.165) is 38.2 Å². The number of likely N-dealkylation sites (tertiary alicyclic amines) is 1. The Labute approximate surface area is 171 Å². The van der Waals surface area contributed by atoms with Gasteiger partial charge in [0.05, 0.1) is 12.7 Å². The van der Waals surface area contributed by atoms with E-state index in [0.29, 0.717) is 6.42 Å². The van der Waals surface area contributed by atoms with Gasteiger partial charge in [0.15, 0.2) is 0 Å². The van der Waals surface area contributed by atoms with E-state index in [4.69, 9.17) is 0 Å². The van der Waals surface area contributed by atoms with Crippen molar-refractivity contribution in [3.05, 3.63) is 95.6 Å². The molecule has 1 aliphatic carbocycles. The Kier molecular flexibility index (Phi) is 4.55. The molecule has 5 rings (SSSR count). The summed E-state index contributed by atoms with van der Waals surface area (Å²) in [5, 5.41) is 0. The molecule has 146 valence electrons. The molecule has 4 heteroatoms. The maximum Gasteiger partial charge on any atom is 0.228 e. The molecule has 1 aromatic heterocycles. The van der Waals surface area contributed by atoms with Crippen molar-refractivity contribution in [2.75, 3.05) is 13.1 Å². The molecular weight excluding hydrogens is 358 g/mol. The van der Waals surface area contributed by atoms with Crippen LogP contribution >= 0.6 is 0 Å². The van der Waals surface area contributed by atoms with Gasteiger partial charge in [-0.15, -0.1) is 0 Å². The first-order chi connectivity index (χ1) is 14.2. The van der Waals surface area contributed by atoms with Gasteiger partial charge in [-0.25, -0.2) is 4.98 Å². The van der Waals surface area contributed by atoms with Crippen molar-refractivity contribution < 1.29 is 4.79 Å². The SMILES string of the molecule is O=C(Cc1cncn1Cc1ccccc1)N1CCC2(C=Cc3ccccc32)CC1. The topological polar surface area (TPSA) is 38.1 Å². The first-order valence-corrected chi connectivity index (χ1v) is 10.3. The van der Waals surface area contributed by atoms with Gasteiger partial charge in [-0.05, 0) is 29.5 Å². The molecule has 2 aliphatic rings. The van der Waals surface area contributed by atoms with Gasteiger partial charge in [-0.1, -0.05) is 66.7 Å². The predicted molar refractivity (Wildman–Crippen MR) is 114 cm³/mol. The van der Waals surface area contributed by atoms with Gasteiger partial charge in [-0.2, -0.15) is 0 Å². The molecule has 0 saturated carbocycles. The molecule has 4 nitrogen and oxygen atoms in total. The summed E-state index contributed by atoms with van der Waals surface area (Å²) in [6.45, 7) is 2.36. The number of benzene rings is 2. The van der Waals surface area contributed by atoms with Gasteiger partial charge < -0.3 is 9.47 Å². The van der Waals surface area contributed by atoms with Crippen molar-refractivity contribution in [3.8, 4) is 0 Å². The molecule has 0 radical (unpaired) electrons. The van der Waals surface area contributed by atoms with E-state index >= 15 is 0 Å². The second kappa shape index (κ2) is 7.36. The fourth-order valence-corrected chi connectivity index (χ4v) is 4.71. The maximum atomic E-state index is 13.0. The number of allylic oxidation sites excluding steroid dienone is 1. The molecule has 1 spiro atoms. The number of fused-ring (bicyclic) bond motifs is 2. The number of piperidine rings is 1. The van der Waals surface area contributed by atoms with Crippen molar-refractivity contribution in [2.45, 2.75) is 31.2 Å². The van der Waals surface area contributed by atoms with Crippen molar-refractivity contribution in [2.24, 2.45) is 0 Å². The highest BCUT2D eigenvalue weighted by Gasteiger charge is 2.38. The minimum absolute atomic E-state index is 0.114. The first-order valence-electron chi connectivity index (χ1n) is 10.3. The number of nitrogens with zero attached hydrogens (tertiary/aromatic N) is 3. The highest BCUT2D eigenvalue weighted by Crippen LogP contribution is 2.43. The van der Waals surface area contributed by atoms with Crippen molar-refractivity contribution in [1.82, 2.24) is 14.5 Å². The third-order valence-electron chi connectivity index (χ3n) is 6.41. The molecule has 0 atom stereocenters. The Bertz CT molecular complexity index is 1040. The molecular formula is C25H25N3O. The molecule has 1 fully saturated rings. The van der Waals surface area contributed by atoms with E-state index in [1.165, 1.54) is 16.7 Å². The van der Waals surface area contributed by atoms with Crippen LogP contribution in [0, 0.1) is 0 Å². The number of carbonyl (C=O) groups excluding carboxylic acids is 1. The number of imidazole rings is 1. The van der Waals surface area contributed by atoms with E-state index in [1.807, 2.05) is 35.6 Å². The fraction of sp³-hybridized carbons (Fsp3) is 0.280. The summed E-state index contributed by atoms with van der Waals surface area (Å²) in [5.74, 6) is 0.199. The third kappa shape index (κ3) is 3.39. The van der Waals surface area contributed by atoms with E-state index in [1.54, 1.807) is 0 Å². The van der Waals surface area contributed by atoms with Crippen LogP contribution in [0.1, 0.15) is 35.2 Å². The molecule has 1 saturated heterocycles. The van der Waals surface area contributed by atoms with Crippen LogP contribution in [0.15, 0.2) is 73.2 Å². The zero-order valence-corrected chi connectivity index (χ0v) is 16.5. The van der Waals surface area contributed by atoms with E-state index in [9.17, 15) is 4.79 Å². The Morgan fingerprint density at radius 3 is 2.59 bits per heavy atom. The van der Waals surface area contributed by atoms with Gasteiger partial charge in [0, 0.05) is 36.9 Å². The molecule has 29 heavy (non-hydrogen) atoms. The summed E-state index contributed by atoms with van der Waals surface area (Å²) in [5.41, 5.74) is 5.06. The Morgan fingerprint density at radius 1 is 1.00 bits per heavy atom. The largest absolute Gasteiger partial charge is 0.342 e. The number of aromatic nitrogens is 2. The molecule has 2 heterocycles. The second-order valence-corrected chi connectivity index (χ2v) is 8.13. The molecule has 2 aromatic carbocycles. The number of carbonyl (C=O) groups is 1. The molecule has 0 bridgehead atoms. The average Bonchev–Trinajstić information content (AvgIpc) is 3.34. The standard InChI is InChI=1S/C25H25N3O/c29-24(16-22-17-26-19-28(22)18-20-6-2-1-3-7-20)27-14-12-25(13-15-27)11-10-21-8-4-5-9-23(21)25/h1-11,17,19H,12-16,18H2. The summed E-state index contributed by atoms with van der Waals surface area (Å²) >= 11 is 0. The summed E-state index contributed by atoms with van der Waals surface area (Å²) < 4.78 is 2.08. The van der Waals surface area contributed by atoms with Gasteiger partial charge in [-0.3, -0.25) is 4.79 Å². The summed E-state index contributed by atoms with van der Waals surface area (Å²) in [6, 6.07) is 18.9. The average molecular weight is 383 g/mol. The number of rotatable bonds is 4. The monoisotopic (exact) mass is 383 g/mol. The lowest BCUT2D eigenvalue weighted by Crippen LogP contribution is -2.44. The van der Waals surface area contributed by atoms with Crippen LogP contribution in [-0.4, -0.2) is 33.4 Å². The quantitative estimate of drug-likeness (QED) is 0.681. The molecule has 1 amide bonds. The van der Waals surface area contributed by atoms with Crippen molar-refractivity contribution in [1.29, 1.82) is 0 Å². The molecule has 3 aromatic rings. The van der Waals surface area contributed by atoms with Gasteiger partial charge in [0.1, 0.15) is 0 Å². The summed E-state index contributed by atoms with van der Waals surface area (Å²) in [4.78, 5) is 19.3. The van der Waals surface area contributed by atoms with Crippen LogP contribution < -0.4 is 0 Å². The lowest BCUT2D eigenvalue weighted by Gasteiger charge is -2.39. The molecule has 0 unspecified atom stereocenters. The van der Waals surface area contributed by atoms with Gasteiger partial charge in [0.25, 0.3) is 0 Å². The van der Waals surface area contributed by atoms with Gasteiger partial charge in [0.2, 0.25) is 5.91 Å². The number of hydrogen-bond donors (Lipinski definition) is 0. The molecule has 0 N–H and O–H groups in total. The van der Waals surface area contributed by atoms with Crippen LogP contribution in [-0.2, 0) is 23.2 Å². The van der Waals surface area contributed by atoms with E-state index in [-0.39, 0.29) is 11.3 Å². The normalized spacial score (nSPS) is 16.9. The molecule has 1 aliphatic heterocycles. The van der Waals surface area contributed by atoms with Crippen LogP contribution in [0.5, 0.6) is 0 Å². The highest BCUT2D eigenvalue weighted by atomic mass is 16.2. The fourth-order valence-electron chi connectivity index (χ4n) is 4.71. The minimum Gasteiger partial charge on any atom is -0.342 e. The lowest BCUT2D eigenvalue weighted by molar-refractivity contribution is -0.131. The maximum absolute atomic E-state index is 13.0. The number of hydrogen-bond acceptors (Lipinski definition) is 2. The number of amides is 1. The minimum atomic E-state index is 0.114. The van der Waals surface area contributed by atoms with Crippen LogP contribution in [0.2, 0.25) is 0 Å². The zero-order chi connectivity index (χ0) is 19.7. The summed E-state index contributed by atoms with van der Waals surface area (Å²) in [6.07, 6.45) is 10.6. The second-order valence-electron chi connectivity index (χ2n) is 8.13. The Balaban J connectivity index is 1.24. The zero-order valence-electron chi connectivity index (χ0n) is 16.5. The van der Waals surface area contributed by atoms with Crippen LogP contribution in [0.4, 0.5) is 0 Å². The highest BCUT2D eigenvalue weighted by molar-refractivity contribution is 5.78. The lowest BCUT2D eigenvalue weighted by atomic mass is 9.74. The van der Waals surface area contributed by atoms with Crippen LogP contribution in [0.25, 0.3) is 6.08 Å². The van der Waals surface area contributed by atoms with E-state index < -0.39 is 0 Å². The van der Waals surface area contributed by atoms with Crippen LogP contribution in [0.3, 0.4) is 0 Å².